The number of aryl methyl sites for hydroxylation is 1. The molecule has 4 rings (SSSR count). The molecule has 1 aromatic heterocycles. The Kier molecular flexibility index (Phi) is 5.35. The van der Waals surface area contributed by atoms with E-state index in [1.54, 1.807) is 0 Å². The van der Waals surface area contributed by atoms with Gasteiger partial charge < -0.3 is 10.3 Å². The van der Waals surface area contributed by atoms with Gasteiger partial charge in [0, 0.05) is 55.3 Å². The molecule has 0 radical (unpaired) electrons. The van der Waals surface area contributed by atoms with Crippen molar-refractivity contribution in [2.75, 3.05) is 13.1 Å². The highest BCUT2D eigenvalue weighted by Crippen LogP contribution is 2.19. The molecule has 0 saturated carbocycles. The second kappa shape index (κ2) is 8.23. The highest BCUT2D eigenvalue weighted by Gasteiger charge is 2.14. The van der Waals surface area contributed by atoms with E-state index in [-0.39, 0.29) is 5.91 Å². The van der Waals surface area contributed by atoms with Crippen LogP contribution >= 0.6 is 0 Å². The number of hydrogen-bond donors (Lipinski definition) is 2. The molecule has 1 aliphatic rings. The number of aromatic nitrogens is 1. The van der Waals surface area contributed by atoms with E-state index in [2.05, 4.69) is 57.7 Å². The van der Waals surface area contributed by atoms with Gasteiger partial charge in [0.05, 0.1) is 0 Å². The minimum absolute atomic E-state index is 0.100. The van der Waals surface area contributed by atoms with Crippen LogP contribution in [-0.4, -0.2) is 28.9 Å². The summed E-state index contributed by atoms with van der Waals surface area (Å²) in [5.41, 5.74) is 4.72. The van der Waals surface area contributed by atoms with E-state index >= 15 is 0 Å². The fourth-order valence-corrected chi connectivity index (χ4v) is 3.64. The quantitative estimate of drug-likeness (QED) is 0.699. The number of rotatable bonds is 6. The molecule has 0 fully saturated rings. The molecule has 0 saturated heterocycles. The third-order valence-corrected chi connectivity index (χ3v) is 5.14. The Balaban J connectivity index is 1.26. The van der Waals surface area contributed by atoms with Crippen molar-refractivity contribution in [3.8, 4) is 0 Å². The molecule has 2 N–H and O–H groups in total. The number of hydrogen-bond acceptors (Lipinski definition) is 2. The molecule has 1 aliphatic heterocycles. The van der Waals surface area contributed by atoms with Crippen LogP contribution in [0, 0.1) is 0 Å². The maximum atomic E-state index is 12.3. The fraction of sp³-hybridized carbons (Fsp3) is 0.261. The number of aromatic amines is 1. The van der Waals surface area contributed by atoms with Gasteiger partial charge in [-0.25, -0.2) is 0 Å². The highest BCUT2D eigenvalue weighted by molar-refractivity contribution is 5.84. The first-order valence-electron chi connectivity index (χ1n) is 9.58. The monoisotopic (exact) mass is 359 g/mol. The minimum atomic E-state index is 0.100. The predicted octanol–water partition coefficient (Wildman–Crippen LogP) is 4.01. The molecule has 0 atom stereocenters. The predicted molar refractivity (Wildman–Crippen MR) is 109 cm³/mol. The number of H-pyrrole nitrogens is 1. The zero-order chi connectivity index (χ0) is 18.5. The van der Waals surface area contributed by atoms with Crippen LogP contribution < -0.4 is 5.32 Å². The number of nitrogens with one attached hydrogen (secondary N) is 2. The molecule has 27 heavy (non-hydrogen) atoms. The van der Waals surface area contributed by atoms with Crippen LogP contribution in [0.2, 0.25) is 0 Å². The Bertz CT molecular complexity index is 942. The van der Waals surface area contributed by atoms with Gasteiger partial charge >= 0.3 is 0 Å². The smallest absolute Gasteiger partial charge is 0.224 e. The highest BCUT2D eigenvalue weighted by atomic mass is 16.1. The molecular weight excluding hydrogens is 334 g/mol. The summed E-state index contributed by atoms with van der Waals surface area (Å²) in [5.74, 6) is 0.100. The van der Waals surface area contributed by atoms with Crippen molar-refractivity contribution in [2.24, 2.45) is 0 Å². The summed E-state index contributed by atoms with van der Waals surface area (Å²) in [6.45, 7) is 2.82. The first kappa shape index (κ1) is 17.6. The van der Waals surface area contributed by atoms with Crippen molar-refractivity contribution in [1.29, 1.82) is 0 Å². The Hall–Kier alpha value is -2.85. The number of fused-ring (bicyclic) bond motifs is 1. The molecule has 0 unspecified atom stereocenters. The van der Waals surface area contributed by atoms with Crippen molar-refractivity contribution in [3.05, 3.63) is 83.7 Å². The van der Waals surface area contributed by atoms with Crippen LogP contribution in [0.1, 0.15) is 24.0 Å². The number of benzene rings is 2. The van der Waals surface area contributed by atoms with Crippen molar-refractivity contribution < 1.29 is 4.79 Å². The lowest BCUT2D eigenvalue weighted by Crippen LogP contribution is -2.33. The lowest BCUT2D eigenvalue weighted by molar-refractivity contribution is -0.120. The van der Waals surface area contributed by atoms with E-state index in [1.165, 1.54) is 16.5 Å². The molecule has 0 spiro atoms. The van der Waals surface area contributed by atoms with Crippen molar-refractivity contribution in [3.63, 3.8) is 0 Å². The van der Waals surface area contributed by atoms with E-state index in [9.17, 15) is 4.79 Å². The summed E-state index contributed by atoms with van der Waals surface area (Å²) in [7, 11) is 0. The van der Waals surface area contributed by atoms with E-state index in [1.807, 2.05) is 24.4 Å². The minimum Gasteiger partial charge on any atom is -0.361 e. The molecule has 4 nitrogen and oxygen atoms in total. The van der Waals surface area contributed by atoms with Crippen LogP contribution in [0.25, 0.3) is 10.9 Å². The number of amides is 1. The van der Waals surface area contributed by atoms with E-state index in [0.29, 0.717) is 6.42 Å². The summed E-state index contributed by atoms with van der Waals surface area (Å²) >= 11 is 0. The Morgan fingerprint density at radius 2 is 1.89 bits per heavy atom. The third-order valence-electron chi connectivity index (χ3n) is 5.14. The standard InChI is InChI=1S/C23H25N3O/c27-23(11-10-19-16-24-22-9-5-4-8-21(19)22)25-20-12-14-26(15-13-20)17-18-6-2-1-3-7-18/h1-9,12,16,24H,10-11,13-15,17H2,(H,25,27). The van der Waals surface area contributed by atoms with Gasteiger partial charge in [-0.1, -0.05) is 54.6 Å². The molecule has 0 bridgehead atoms. The summed E-state index contributed by atoms with van der Waals surface area (Å²) in [5, 5.41) is 4.31. The normalized spacial score (nSPS) is 14.9. The van der Waals surface area contributed by atoms with Crippen LogP contribution in [0.5, 0.6) is 0 Å². The van der Waals surface area contributed by atoms with Crippen LogP contribution in [-0.2, 0) is 17.8 Å². The van der Waals surface area contributed by atoms with Crippen molar-refractivity contribution >= 4 is 16.8 Å². The topological polar surface area (TPSA) is 48.1 Å². The summed E-state index contributed by atoms with van der Waals surface area (Å²) < 4.78 is 0. The van der Waals surface area contributed by atoms with Gasteiger partial charge in [0.1, 0.15) is 0 Å². The average molecular weight is 359 g/mol. The maximum Gasteiger partial charge on any atom is 0.224 e. The zero-order valence-electron chi connectivity index (χ0n) is 15.4. The summed E-state index contributed by atoms with van der Waals surface area (Å²) in [6, 6.07) is 18.7. The van der Waals surface area contributed by atoms with Crippen molar-refractivity contribution in [2.45, 2.75) is 25.8 Å². The van der Waals surface area contributed by atoms with E-state index < -0.39 is 0 Å². The summed E-state index contributed by atoms with van der Waals surface area (Å²) in [4.78, 5) is 18.0. The van der Waals surface area contributed by atoms with Crippen LogP contribution in [0.15, 0.2) is 72.6 Å². The Morgan fingerprint density at radius 3 is 2.70 bits per heavy atom. The second-order valence-electron chi connectivity index (χ2n) is 7.11. The number of para-hydroxylation sites is 1. The van der Waals surface area contributed by atoms with E-state index in [0.717, 1.165) is 43.7 Å². The summed E-state index contributed by atoms with van der Waals surface area (Å²) in [6.07, 6.45) is 6.32. The van der Waals surface area contributed by atoms with Gasteiger partial charge in [0.25, 0.3) is 0 Å². The van der Waals surface area contributed by atoms with Gasteiger partial charge in [-0.2, -0.15) is 0 Å². The third kappa shape index (κ3) is 4.47. The van der Waals surface area contributed by atoms with E-state index in [4.69, 9.17) is 0 Å². The first-order chi connectivity index (χ1) is 13.3. The Labute approximate surface area is 159 Å². The lowest BCUT2D eigenvalue weighted by atomic mass is 10.1. The average Bonchev–Trinajstić information content (AvgIpc) is 3.12. The molecule has 2 heterocycles. The number of carbonyl (C=O) groups excluding carboxylic acids is 1. The number of carbonyl (C=O) groups is 1. The van der Waals surface area contributed by atoms with Gasteiger partial charge in [-0.15, -0.1) is 0 Å². The SMILES string of the molecule is O=C(CCc1c[nH]c2ccccc12)NC1=CCN(Cc2ccccc2)CC1. The van der Waals surface area contributed by atoms with Crippen LogP contribution in [0.4, 0.5) is 0 Å². The van der Waals surface area contributed by atoms with Gasteiger partial charge in [0.2, 0.25) is 5.91 Å². The molecule has 3 aromatic rings. The molecular formula is C23H25N3O. The fourth-order valence-electron chi connectivity index (χ4n) is 3.64. The van der Waals surface area contributed by atoms with Gasteiger partial charge in [-0.05, 0) is 23.6 Å². The molecule has 1 amide bonds. The molecule has 4 heteroatoms. The largest absolute Gasteiger partial charge is 0.361 e. The Morgan fingerprint density at radius 1 is 1.07 bits per heavy atom. The first-order valence-corrected chi connectivity index (χ1v) is 9.58. The van der Waals surface area contributed by atoms with Gasteiger partial charge in [0.15, 0.2) is 0 Å². The molecule has 0 aliphatic carbocycles. The van der Waals surface area contributed by atoms with Crippen LogP contribution in [0.3, 0.4) is 0 Å². The maximum absolute atomic E-state index is 12.3. The lowest BCUT2D eigenvalue weighted by Gasteiger charge is -2.26. The molecule has 2 aromatic carbocycles. The van der Waals surface area contributed by atoms with Gasteiger partial charge in [-0.3, -0.25) is 9.69 Å². The van der Waals surface area contributed by atoms with Crippen molar-refractivity contribution in [1.82, 2.24) is 15.2 Å². The zero-order valence-corrected chi connectivity index (χ0v) is 15.4. The number of nitrogens with zero attached hydrogens (tertiary/aromatic N) is 1. The molecule has 138 valence electrons. The second-order valence-corrected chi connectivity index (χ2v) is 7.11.